The average molecular weight is 138 g/mol. The van der Waals surface area contributed by atoms with Crippen LogP contribution < -0.4 is 0 Å². The van der Waals surface area contributed by atoms with Gasteiger partial charge in [0.05, 0.1) is 0 Å². The fraction of sp³-hybridized carbons (Fsp3) is 1.00. The van der Waals surface area contributed by atoms with Gasteiger partial charge in [0, 0.05) is 0 Å². The van der Waals surface area contributed by atoms with Gasteiger partial charge in [-0.25, -0.2) is 0 Å². The van der Waals surface area contributed by atoms with Crippen molar-refractivity contribution < 1.29 is 0 Å². The van der Waals surface area contributed by atoms with Crippen LogP contribution in [0, 0.1) is 17.8 Å². The van der Waals surface area contributed by atoms with E-state index in [4.69, 9.17) is 0 Å². The van der Waals surface area contributed by atoms with Gasteiger partial charge in [0.25, 0.3) is 0 Å². The maximum Gasteiger partial charge on any atom is -0.0357 e. The van der Waals surface area contributed by atoms with Crippen LogP contribution >= 0.6 is 0 Å². The normalized spacial score (nSPS) is 44.7. The van der Waals surface area contributed by atoms with Gasteiger partial charge in [0.15, 0.2) is 0 Å². The Morgan fingerprint density at radius 1 is 1.10 bits per heavy atom. The van der Waals surface area contributed by atoms with Crippen LogP contribution in [0.15, 0.2) is 0 Å². The predicted octanol–water partition coefficient (Wildman–Crippen LogP) is 3.22. The lowest BCUT2D eigenvalue weighted by Gasteiger charge is -2.34. The van der Waals surface area contributed by atoms with Gasteiger partial charge in [-0.2, -0.15) is 0 Å². The Hall–Kier alpha value is 0. The molecule has 0 spiro atoms. The van der Waals surface area contributed by atoms with E-state index in [0.29, 0.717) is 0 Å². The van der Waals surface area contributed by atoms with Crippen LogP contribution in [0.2, 0.25) is 0 Å². The lowest BCUT2D eigenvalue weighted by atomic mass is 9.72. The van der Waals surface area contributed by atoms with Crippen LogP contribution in [0.4, 0.5) is 0 Å². The van der Waals surface area contributed by atoms with Gasteiger partial charge in [0.2, 0.25) is 0 Å². The van der Waals surface area contributed by atoms with Crippen molar-refractivity contribution in [3.63, 3.8) is 0 Å². The van der Waals surface area contributed by atoms with Crippen molar-refractivity contribution in [3.05, 3.63) is 0 Å². The molecule has 0 aliphatic heterocycles. The van der Waals surface area contributed by atoms with Crippen molar-refractivity contribution in [1.29, 1.82) is 0 Å². The second-order valence-electron chi connectivity index (χ2n) is 4.13. The Kier molecular flexibility index (Phi) is 1.71. The summed E-state index contributed by atoms with van der Waals surface area (Å²) in [4.78, 5) is 0. The molecule has 0 aromatic rings. The number of fused-ring (bicyclic) bond motifs is 1. The Balaban J connectivity index is 1.87. The van der Waals surface area contributed by atoms with E-state index in [1.165, 1.54) is 24.7 Å². The first-order valence-electron chi connectivity index (χ1n) is 4.92. The average Bonchev–Trinajstić information content (AvgIpc) is 2.08. The first-order valence-corrected chi connectivity index (χ1v) is 4.92. The van der Waals surface area contributed by atoms with Gasteiger partial charge in [0.1, 0.15) is 0 Å². The third kappa shape index (κ3) is 0.889. The van der Waals surface area contributed by atoms with Gasteiger partial charge in [-0.05, 0) is 43.4 Å². The molecule has 58 valence electrons. The van der Waals surface area contributed by atoms with E-state index < -0.39 is 0 Å². The fourth-order valence-corrected chi connectivity index (χ4v) is 2.95. The lowest BCUT2D eigenvalue weighted by molar-refractivity contribution is 0.165. The largest absolute Gasteiger partial charge is 0.0654 e. The maximum absolute atomic E-state index is 2.33. The van der Waals surface area contributed by atoms with Gasteiger partial charge in [-0.15, -0.1) is 0 Å². The van der Waals surface area contributed by atoms with Crippen LogP contribution in [0.1, 0.15) is 45.4 Å². The second kappa shape index (κ2) is 2.56. The van der Waals surface area contributed by atoms with Crippen LogP contribution in [0.3, 0.4) is 0 Å². The third-order valence-corrected chi connectivity index (χ3v) is 3.65. The molecule has 0 amide bonds. The molecule has 2 aliphatic carbocycles. The van der Waals surface area contributed by atoms with E-state index in [9.17, 15) is 0 Å². The Labute approximate surface area is 64.0 Å². The van der Waals surface area contributed by atoms with E-state index in [2.05, 4.69) is 6.92 Å². The highest BCUT2D eigenvalue weighted by Gasteiger charge is 2.41. The molecule has 3 atom stereocenters. The summed E-state index contributed by atoms with van der Waals surface area (Å²) in [5.74, 6) is 3.50. The minimum Gasteiger partial charge on any atom is -0.0654 e. The molecule has 0 radical (unpaired) electrons. The molecule has 2 aliphatic rings. The molecular weight excluding hydrogens is 120 g/mol. The fourth-order valence-electron chi connectivity index (χ4n) is 2.95. The second-order valence-corrected chi connectivity index (χ2v) is 4.13. The van der Waals surface area contributed by atoms with Gasteiger partial charge < -0.3 is 0 Å². The van der Waals surface area contributed by atoms with Crippen molar-refractivity contribution in [3.8, 4) is 0 Å². The Morgan fingerprint density at radius 2 is 1.90 bits per heavy atom. The van der Waals surface area contributed by atoms with Crippen molar-refractivity contribution in [2.75, 3.05) is 0 Å². The predicted molar refractivity (Wildman–Crippen MR) is 43.8 cm³/mol. The zero-order valence-corrected chi connectivity index (χ0v) is 6.97. The van der Waals surface area contributed by atoms with E-state index in [0.717, 1.165) is 5.92 Å². The molecule has 0 saturated heterocycles. The van der Waals surface area contributed by atoms with E-state index >= 15 is 0 Å². The third-order valence-electron chi connectivity index (χ3n) is 3.65. The van der Waals surface area contributed by atoms with E-state index in [1.807, 2.05) is 0 Å². The summed E-state index contributed by atoms with van der Waals surface area (Å²) in [6.45, 7) is 2.33. The quantitative estimate of drug-likeness (QED) is 0.549. The molecule has 0 aromatic heterocycles. The standard InChI is InChI=1S/C10H18/c1-2-3-8-4-5-9-6-7-10(8)9/h8-10H,2-7H2,1H3. The van der Waals surface area contributed by atoms with E-state index in [1.54, 1.807) is 25.7 Å². The molecule has 3 unspecified atom stereocenters. The first-order chi connectivity index (χ1) is 4.92. The van der Waals surface area contributed by atoms with Crippen LogP contribution in [0.25, 0.3) is 0 Å². The summed E-state index contributed by atoms with van der Waals surface area (Å²) in [5, 5.41) is 0. The minimum absolute atomic E-state index is 1.14. The maximum atomic E-state index is 2.33. The molecule has 2 saturated carbocycles. The summed E-state index contributed by atoms with van der Waals surface area (Å²) in [6.07, 6.45) is 9.17. The summed E-state index contributed by atoms with van der Waals surface area (Å²) < 4.78 is 0. The number of rotatable bonds is 2. The smallest absolute Gasteiger partial charge is 0.0357 e. The highest BCUT2D eigenvalue weighted by atomic mass is 14.5. The first kappa shape index (κ1) is 6.69. The van der Waals surface area contributed by atoms with E-state index in [-0.39, 0.29) is 0 Å². The Morgan fingerprint density at radius 3 is 2.40 bits per heavy atom. The van der Waals surface area contributed by atoms with Crippen LogP contribution in [0.5, 0.6) is 0 Å². The van der Waals surface area contributed by atoms with Crippen molar-refractivity contribution in [2.45, 2.75) is 45.4 Å². The van der Waals surface area contributed by atoms with Gasteiger partial charge >= 0.3 is 0 Å². The topological polar surface area (TPSA) is 0 Å². The number of hydrogen-bond acceptors (Lipinski definition) is 0. The molecule has 2 fully saturated rings. The molecule has 0 N–H and O–H groups in total. The SMILES string of the molecule is CCCC1CCC2CCC12. The minimum atomic E-state index is 1.14. The van der Waals surface area contributed by atoms with Crippen LogP contribution in [-0.4, -0.2) is 0 Å². The zero-order chi connectivity index (χ0) is 6.97. The molecule has 2 rings (SSSR count). The molecule has 0 bridgehead atoms. The molecule has 0 heteroatoms. The summed E-state index contributed by atoms with van der Waals surface area (Å²) in [6, 6.07) is 0. The zero-order valence-electron chi connectivity index (χ0n) is 6.97. The van der Waals surface area contributed by atoms with Crippen LogP contribution in [-0.2, 0) is 0 Å². The lowest BCUT2D eigenvalue weighted by Crippen LogP contribution is -2.24. The summed E-state index contributed by atoms with van der Waals surface area (Å²) in [5.41, 5.74) is 0. The molecule has 0 heterocycles. The van der Waals surface area contributed by atoms with Gasteiger partial charge in [-0.3, -0.25) is 0 Å². The van der Waals surface area contributed by atoms with Crippen molar-refractivity contribution >= 4 is 0 Å². The monoisotopic (exact) mass is 138 g/mol. The highest BCUT2D eigenvalue weighted by molar-refractivity contribution is 4.91. The van der Waals surface area contributed by atoms with Crippen molar-refractivity contribution in [2.24, 2.45) is 17.8 Å². The molecule has 0 aromatic carbocycles. The Bertz CT molecular complexity index is 115. The number of hydrogen-bond donors (Lipinski definition) is 0. The molecule has 0 nitrogen and oxygen atoms in total. The summed E-state index contributed by atoms with van der Waals surface area (Å²) >= 11 is 0. The summed E-state index contributed by atoms with van der Waals surface area (Å²) in [7, 11) is 0. The van der Waals surface area contributed by atoms with Crippen molar-refractivity contribution in [1.82, 2.24) is 0 Å². The highest BCUT2D eigenvalue weighted by Crippen LogP contribution is 2.51. The van der Waals surface area contributed by atoms with Gasteiger partial charge in [-0.1, -0.05) is 19.8 Å². The molecule has 10 heavy (non-hydrogen) atoms. The molecular formula is C10H18.